The van der Waals surface area contributed by atoms with Crippen molar-refractivity contribution < 1.29 is 14.0 Å². The zero-order valence-corrected chi connectivity index (χ0v) is 11.7. The number of rotatable bonds is 6. The maximum Gasteiger partial charge on any atom is 0.325 e. The second-order valence-corrected chi connectivity index (χ2v) is 4.28. The predicted octanol–water partition coefficient (Wildman–Crippen LogP) is 4.23. The molecule has 0 aliphatic carbocycles. The highest BCUT2D eigenvalue weighted by Gasteiger charge is 2.07. The van der Waals surface area contributed by atoms with Crippen LogP contribution in [0.15, 0.2) is 12.7 Å². The molecule has 0 bridgehead atoms. The van der Waals surface area contributed by atoms with Gasteiger partial charge in [-0.05, 0) is 19.3 Å². The van der Waals surface area contributed by atoms with Crippen molar-refractivity contribution >= 4 is 7.60 Å². The first-order valence-electron chi connectivity index (χ1n) is 5.62. The molecule has 0 aliphatic heterocycles. The molecule has 0 aromatic carbocycles. The monoisotopic (exact) mass is 238 g/mol. The van der Waals surface area contributed by atoms with Crippen molar-refractivity contribution in [3.05, 3.63) is 12.7 Å². The first kappa shape index (κ1) is 20.3. The van der Waals surface area contributed by atoms with Gasteiger partial charge in [0.15, 0.2) is 0 Å². The van der Waals surface area contributed by atoms with Crippen molar-refractivity contribution in [1.82, 2.24) is 0 Å². The van der Waals surface area contributed by atoms with Gasteiger partial charge in [-0.25, -0.2) is 0 Å². The molecule has 0 radical (unpaired) electrons. The Morgan fingerprint density at radius 3 is 2.07 bits per heavy atom. The Hall–Kier alpha value is -0.110. The van der Waals surface area contributed by atoms with Crippen LogP contribution in [-0.2, 0) is 9.09 Å². The summed E-state index contributed by atoms with van der Waals surface area (Å²) in [5.74, 6) is 0. The molecule has 94 valence electrons. The van der Waals surface area contributed by atoms with Gasteiger partial charge >= 0.3 is 7.60 Å². The van der Waals surface area contributed by atoms with Crippen LogP contribution in [-0.4, -0.2) is 18.2 Å². The van der Waals surface area contributed by atoms with Gasteiger partial charge in [-0.2, -0.15) is 0 Å². The molecular formula is C11H27O3P. The number of hydrogen-bond acceptors (Lipinski definition) is 2. The minimum Gasteiger partial charge on any atom is -0.324 e. The van der Waals surface area contributed by atoms with Gasteiger partial charge < -0.3 is 9.42 Å². The molecule has 1 atom stereocenters. The Balaban J connectivity index is -0.000000318. The summed E-state index contributed by atoms with van der Waals surface area (Å²) >= 11 is 0. The number of unbranched alkanes of at least 4 members (excludes halogenated alkanes) is 2. The molecule has 0 amide bonds. The summed E-state index contributed by atoms with van der Waals surface area (Å²) in [6.07, 6.45) is 4.53. The summed E-state index contributed by atoms with van der Waals surface area (Å²) in [7, 11) is -3.24. The van der Waals surface area contributed by atoms with Gasteiger partial charge in [-0.15, -0.1) is 6.58 Å². The molecular weight excluding hydrogens is 211 g/mol. The van der Waals surface area contributed by atoms with Crippen molar-refractivity contribution in [2.75, 3.05) is 13.3 Å². The van der Waals surface area contributed by atoms with Crippen LogP contribution in [0, 0.1) is 0 Å². The second-order valence-electron chi connectivity index (χ2n) is 2.42. The topological polar surface area (TPSA) is 46.5 Å². The highest BCUT2D eigenvalue weighted by atomic mass is 31.2. The van der Waals surface area contributed by atoms with Crippen molar-refractivity contribution in [1.29, 1.82) is 0 Å². The SMILES string of the molecule is C=CCCCCOP(C)(=O)O.CC.CC. The van der Waals surface area contributed by atoms with E-state index < -0.39 is 7.60 Å². The minimum absolute atomic E-state index is 0.359. The molecule has 0 rings (SSSR count). The first-order chi connectivity index (χ1) is 7.06. The zero-order chi connectivity index (χ0) is 12.7. The average molecular weight is 238 g/mol. The second kappa shape index (κ2) is 16.3. The van der Waals surface area contributed by atoms with Crippen LogP contribution < -0.4 is 0 Å². The molecule has 0 aliphatic rings. The molecule has 1 unspecified atom stereocenters. The molecule has 0 fully saturated rings. The van der Waals surface area contributed by atoms with E-state index in [-0.39, 0.29) is 0 Å². The fourth-order valence-electron chi connectivity index (χ4n) is 0.625. The summed E-state index contributed by atoms with van der Waals surface area (Å²) in [4.78, 5) is 8.69. The smallest absolute Gasteiger partial charge is 0.324 e. The highest BCUT2D eigenvalue weighted by molar-refractivity contribution is 7.51. The van der Waals surface area contributed by atoms with E-state index in [1.807, 2.05) is 33.8 Å². The molecule has 3 nitrogen and oxygen atoms in total. The van der Waals surface area contributed by atoms with Gasteiger partial charge in [-0.1, -0.05) is 33.8 Å². The Morgan fingerprint density at radius 1 is 1.27 bits per heavy atom. The van der Waals surface area contributed by atoms with Crippen molar-refractivity contribution in [3.63, 3.8) is 0 Å². The third kappa shape index (κ3) is 31.5. The van der Waals surface area contributed by atoms with Crippen molar-refractivity contribution in [3.8, 4) is 0 Å². The zero-order valence-electron chi connectivity index (χ0n) is 10.8. The third-order valence-electron chi connectivity index (χ3n) is 1.13. The van der Waals surface area contributed by atoms with E-state index in [1.54, 1.807) is 0 Å². The molecule has 0 saturated carbocycles. The molecule has 0 aromatic rings. The summed E-state index contributed by atoms with van der Waals surface area (Å²) in [6.45, 7) is 13.1. The van der Waals surface area contributed by atoms with Crippen LogP contribution in [0.1, 0.15) is 47.0 Å². The van der Waals surface area contributed by atoms with Crippen LogP contribution >= 0.6 is 7.60 Å². The lowest BCUT2D eigenvalue weighted by Gasteiger charge is -2.05. The highest BCUT2D eigenvalue weighted by Crippen LogP contribution is 2.36. The third-order valence-corrected chi connectivity index (χ3v) is 1.80. The maximum absolute atomic E-state index is 10.6. The minimum atomic E-state index is -3.24. The van der Waals surface area contributed by atoms with E-state index >= 15 is 0 Å². The largest absolute Gasteiger partial charge is 0.325 e. The Labute approximate surface area is 95.1 Å². The van der Waals surface area contributed by atoms with Crippen LogP contribution in [0.3, 0.4) is 0 Å². The van der Waals surface area contributed by atoms with Crippen LogP contribution in [0.4, 0.5) is 0 Å². The van der Waals surface area contributed by atoms with E-state index in [1.165, 1.54) is 6.66 Å². The standard InChI is InChI=1S/C7H15O3P.2C2H6/c1-3-4-5-6-7-10-11(2,8)9;2*1-2/h3H,1,4-7H2,2H3,(H,8,9);2*1-2H3. The van der Waals surface area contributed by atoms with Gasteiger partial charge in [0.1, 0.15) is 0 Å². The number of hydrogen-bond donors (Lipinski definition) is 1. The fraction of sp³-hybridized carbons (Fsp3) is 0.818. The Morgan fingerprint density at radius 2 is 1.73 bits per heavy atom. The maximum atomic E-state index is 10.6. The van der Waals surface area contributed by atoms with Crippen molar-refractivity contribution in [2.45, 2.75) is 47.0 Å². The quantitative estimate of drug-likeness (QED) is 0.428. The van der Waals surface area contributed by atoms with Crippen molar-refractivity contribution in [2.24, 2.45) is 0 Å². The molecule has 0 heterocycles. The lowest BCUT2D eigenvalue weighted by atomic mass is 10.2. The number of allylic oxidation sites excluding steroid dienone is 1. The van der Waals surface area contributed by atoms with E-state index in [4.69, 9.17) is 4.89 Å². The summed E-state index contributed by atoms with van der Waals surface area (Å²) < 4.78 is 15.2. The van der Waals surface area contributed by atoms with E-state index in [0.717, 1.165) is 19.3 Å². The first-order valence-corrected chi connectivity index (χ1v) is 7.64. The summed E-state index contributed by atoms with van der Waals surface area (Å²) in [5.41, 5.74) is 0. The predicted molar refractivity (Wildman–Crippen MR) is 68.4 cm³/mol. The molecule has 0 saturated heterocycles. The molecule has 4 heteroatoms. The Bertz CT molecular complexity index is 152. The van der Waals surface area contributed by atoms with Gasteiger partial charge in [0.25, 0.3) is 0 Å². The van der Waals surface area contributed by atoms with Crippen LogP contribution in [0.5, 0.6) is 0 Å². The Kier molecular flexibility index (Phi) is 22.1. The molecule has 0 spiro atoms. The van der Waals surface area contributed by atoms with Gasteiger partial charge in [-0.3, -0.25) is 4.57 Å². The molecule has 15 heavy (non-hydrogen) atoms. The summed E-state index contributed by atoms with van der Waals surface area (Å²) in [6, 6.07) is 0. The fourth-order valence-corrected chi connectivity index (χ4v) is 1.09. The van der Waals surface area contributed by atoms with Crippen LogP contribution in [0.2, 0.25) is 0 Å². The van der Waals surface area contributed by atoms with Crippen LogP contribution in [0.25, 0.3) is 0 Å². The average Bonchev–Trinajstić information content (AvgIpc) is 2.22. The van der Waals surface area contributed by atoms with Gasteiger partial charge in [0.2, 0.25) is 0 Å². The molecule has 0 aromatic heterocycles. The molecule has 1 N–H and O–H groups in total. The lowest BCUT2D eigenvalue weighted by Crippen LogP contribution is -1.90. The lowest BCUT2D eigenvalue weighted by molar-refractivity contribution is 0.259. The summed E-state index contributed by atoms with van der Waals surface area (Å²) in [5, 5.41) is 0. The van der Waals surface area contributed by atoms with E-state index in [9.17, 15) is 4.57 Å². The van der Waals surface area contributed by atoms with E-state index in [0.29, 0.717) is 6.61 Å². The van der Waals surface area contributed by atoms with Gasteiger partial charge in [0, 0.05) is 6.66 Å². The van der Waals surface area contributed by atoms with E-state index in [2.05, 4.69) is 11.1 Å². The normalized spacial score (nSPS) is 12.4. The van der Waals surface area contributed by atoms with Gasteiger partial charge in [0.05, 0.1) is 6.61 Å².